The van der Waals surface area contributed by atoms with Gasteiger partial charge in [0.1, 0.15) is 0 Å². The van der Waals surface area contributed by atoms with Crippen LogP contribution >= 0.6 is 0 Å². The molecule has 2 atom stereocenters. The Balaban J connectivity index is 1.98. The van der Waals surface area contributed by atoms with Crippen LogP contribution in [0.2, 0.25) is 0 Å². The summed E-state index contributed by atoms with van der Waals surface area (Å²) < 4.78 is 5.24. The van der Waals surface area contributed by atoms with Crippen LogP contribution in [-0.4, -0.2) is 35.2 Å². The average Bonchev–Trinajstić information content (AvgIpc) is 2.58. The predicted molar refractivity (Wildman–Crippen MR) is 58.6 cm³/mol. The van der Waals surface area contributed by atoms with Gasteiger partial charge in [-0.05, 0) is 20.8 Å². The molecule has 1 aliphatic heterocycles. The van der Waals surface area contributed by atoms with Crippen LogP contribution in [-0.2, 0) is 6.54 Å². The maximum absolute atomic E-state index is 5.24. The predicted octanol–water partition coefficient (Wildman–Crippen LogP) is 1.17. The van der Waals surface area contributed by atoms with E-state index in [2.05, 4.69) is 29.2 Å². The van der Waals surface area contributed by atoms with E-state index in [9.17, 15) is 0 Å². The summed E-state index contributed by atoms with van der Waals surface area (Å²) in [6, 6.07) is 3.14. The van der Waals surface area contributed by atoms with Gasteiger partial charge < -0.3 is 9.84 Å². The molecule has 0 aromatic carbocycles. The summed E-state index contributed by atoms with van der Waals surface area (Å²) in [5, 5.41) is 7.37. The van der Waals surface area contributed by atoms with E-state index in [1.165, 1.54) is 0 Å². The topological polar surface area (TPSA) is 41.3 Å². The summed E-state index contributed by atoms with van der Waals surface area (Å²) in [6.45, 7) is 9.40. The Kier molecular flexibility index (Phi) is 3.07. The maximum atomic E-state index is 5.24. The quantitative estimate of drug-likeness (QED) is 0.793. The molecule has 1 N–H and O–H groups in total. The van der Waals surface area contributed by atoms with Crippen LogP contribution in [0.25, 0.3) is 0 Å². The number of aryl methyl sites for hydroxylation is 1. The van der Waals surface area contributed by atoms with Gasteiger partial charge in [0.15, 0.2) is 5.76 Å². The highest BCUT2D eigenvalue weighted by molar-refractivity contribution is 5.03. The van der Waals surface area contributed by atoms with Crippen molar-refractivity contribution in [3.63, 3.8) is 0 Å². The summed E-state index contributed by atoms with van der Waals surface area (Å²) in [4.78, 5) is 2.43. The van der Waals surface area contributed by atoms with Crippen LogP contribution < -0.4 is 5.32 Å². The minimum absolute atomic E-state index is 0.560. The first-order chi connectivity index (χ1) is 7.15. The van der Waals surface area contributed by atoms with E-state index in [-0.39, 0.29) is 0 Å². The molecule has 2 unspecified atom stereocenters. The Labute approximate surface area is 90.6 Å². The third-order valence-corrected chi connectivity index (χ3v) is 2.93. The van der Waals surface area contributed by atoms with E-state index in [4.69, 9.17) is 4.52 Å². The van der Waals surface area contributed by atoms with Crippen molar-refractivity contribution in [1.82, 2.24) is 15.4 Å². The fraction of sp³-hybridized carbons (Fsp3) is 0.727. The third kappa shape index (κ3) is 2.58. The summed E-state index contributed by atoms with van der Waals surface area (Å²) >= 11 is 0. The molecule has 1 saturated heterocycles. The van der Waals surface area contributed by atoms with Crippen molar-refractivity contribution in [3.05, 3.63) is 17.5 Å². The Hall–Kier alpha value is -0.870. The van der Waals surface area contributed by atoms with Gasteiger partial charge in [0.25, 0.3) is 0 Å². The average molecular weight is 209 g/mol. The SMILES string of the molecule is Cc1cc(CN2CC(C)NCC2C)on1. The van der Waals surface area contributed by atoms with Gasteiger partial charge in [-0.15, -0.1) is 0 Å². The number of rotatable bonds is 2. The molecule has 1 fully saturated rings. The standard InChI is InChI=1S/C11H19N3O/c1-8-4-11(15-13-8)7-14-6-9(2)12-5-10(14)3/h4,9-10,12H,5-7H2,1-3H3. The molecule has 15 heavy (non-hydrogen) atoms. The van der Waals surface area contributed by atoms with E-state index >= 15 is 0 Å². The smallest absolute Gasteiger partial charge is 0.150 e. The molecule has 0 saturated carbocycles. The van der Waals surface area contributed by atoms with E-state index < -0.39 is 0 Å². The zero-order chi connectivity index (χ0) is 10.8. The fourth-order valence-electron chi connectivity index (χ4n) is 2.01. The van der Waals surface area contributed by atoms with Crippen LogP contribution in [0.4, 0.5) is 0 Å². The molecule has 84 valence electrons. The Morgan fingerprint density at radius 2 is 2.40 bits per heavy atom. The summed E-state index contributed by atoms with van der Waals surface area (Å²) in [6.07, 6.45) is 0. The molecular formula is C11H19N3O. The molecule has 2 rings (SSSR count). The highest BCUT2D eigenvalue weighted by Gasteiger charge is 2.23. The van der Waals surface area contributed by atoms with Crippen LogP contribution in [0.1, 0.15) is 25.3 Å². The Morgan fingerprint density at radius 1 is 1.60 bits per heavy atom. The molecule has 1 aliphatic rings. The van der Waals surface area contributed by atoms with Crippen molar-refractivity contribution in [1.29, 1.82) is 0 Å². The molecule has 0 amide bonds. The number of hydrogen-bond donors (Lipinski definition) is 1. The van der Waals surface area contributed by atoms with Crippen molar-refractivity contribution in [2.24, 2.45) is 0 Å². The largest absolute Gasteiger partial charge is 0.360 e. The highest BCUT2D eigenvalue weighted by Crippen LogP contribution is 2.12. The van der Waals surface area contributed by atoms with Gasteiger partial charge in [-0.1, -0.05) is 5.16 Å². The maximum Gasteiger partial charge on any atom is 0.150 e. The van der Waals surface area contributed by atoms with Crippen LogP contribution in [0, 0.1) is 6.92 Å². The molecule has 0 radical (unpaired) electrons. The first-order valence-electron chi connectivity index (χ1n) is 5.55. The Bertz CT molecular complexity index is 323. The monoisotopic (exact) mass is 209 g/mol. The summed E-state index contributed by atoms with van der Waals surface area (Å²) in [5.41, 5.74) is 0.959. The van der Waals surface area contributed by atoms with Crippen molar-refractivity contribution in [2.45, 2.75) is 39.4 Å². The first kappa shape index (κ1) is 10.6. The first-order valence-corrected chi connectivity index (χ1v) is 5.55. The zero-order valence-electron chi connectivity index (χ0n) is 9.66. The molecule has 0 bridgehead atoms. The lowest BCUT2D eigenvalue weighted by Gasteiger charge is -2.36. The van der Waals surface area contributed by atoms with E-state index in [0.717, 1.165) is 31.1 Å². The second-order valence-corrected chi connectivity index (χ2v) is 4.52. The van der Waals surface area contributed by atoms with Crippen LogP contribution in [0.5, 0.6) is 0 Å². The van der Waals surface area contributed by atoms with Gasteiger partial charge in [0, 0.05) is 31.2 Å². The Morgan fingerprint density at radius 3 is 3.07 bits per heavy atom. The van der Waals surface area contributed by atoms with Crippen molar-refractivity contribution >= 4 is 0 Å². The lowest BCUT2D eigenvalue weighted by atomic mass is 10.1. The van der Waals surface area contributed by atoms with Gasteiger partial charge >= 0.3 is 0 Å². The number of piperazine rings is 1. The minimum atomic E-state index is 0.560. The summed E-state index contributed by atoms with van der Waals surface area (Å²) in [7, 11) is 0. The van der Waals surface area contributed by atoms with Crippen molar-refractivity contribution in [3.8, 4) is 0 Å². The molecule has 0 aliphatic carbocycles. The number of aromatic nitrogens is 1. The van der Waals surface area contributed by atoms with Gasteiger partial charge in [0.2, 0.25) is 0 Å². The number of nitrogens with zero attached hydrogens (tertiary/aromatic N) is 2. The molecule has 4 heteroatoms. The minimum Gasteiger partial charge on any atom is -0.360 e. The number of hydrogen-bond acceptors (Lipinski definition) is 4. The fourth-order valence-corrected chi connectivity index (χ4v) is 2.01. The number of nitrogens with one attached hydrogen (secondary N) is 1. The third-order valence-electron chi connectivity index (χ3n) is 2.93. The normalized spacial score (nSPS) is 28.2. The molecule has 4 nitrogen and oxygen atoms in total. The molecule has 1 aromatic heterocycles. The van der Waals surface area contributed by atoms with Gasteiger partial charge in [-0.25, -0.2) is 0 Å². The lowest BCUT2D eigenvalue weighted by molar-refractivity contribution is 0.125. The van der Waals surface area contributed by atoms with Crippen molar-refractivity contribution in [2.75, 3.05) is 13.1 Å². The summed E-state index contributed by atoms with van der Waals surface area (Å²) in [5.74, 6) is 0.966. The van der Waals surface area contributed by atoms with E-state index in [0.29, 0.717) is 12.1 Å². The molecule has 2 heterocycles. The molecule has 1 aromatic rings. The zero-order valence-corrected chi connectivity index (χ0v) is 9.66. The van der Waals surface area contributed by atoms with Gasteiger partial charge in [0.05, 0.1) is 12.2 Å². The molecule has 0 spiro atoms. The van der Waals surface area contributed by atoms with Gasteiger partial charge in [-0.3, -0.25) is 4.90 Å². The van der Waals surface area contributed by atoms with Gasteiger partial charge in [-0.2, -0.15) is 0 Å². The van der Waals surface area contributed by atoms with E-state index in [1.54, 1.807) is 0 Å². The van der Waals surface area contributed by atoms with E-state index in [1.807, 2.05) is 13.0 Å². The second-order valence-electron chi connectivity index (χ2n) is 4.52. The second kappa shape index (κ2) is 4.33. The van der Waals surface area contributed by atoms with Crippen LogP contribution in [0.3, 0.4) is 0 Å². The lowest BCUT2D eigenvalue weighted by Crippen LogP contribution is -2.53. The van der Waals surface area contributed by atoms with Crippen molar-refractivity contribution < 1.29 is 4.52 Å². The van der Waals surface area contributed by atoms with Crippen LogP contribution in [0.15, 0.2) is 10.6 Å². The molecular weight excluding hydrogens is 190 g/mol. The highest BCUT2D eigenvalue weighted by atomic mass is 16.5.